The highest BCUT2D eigenvalue weighted by Gasteiger charge is 2.11. The van der Waals surface area contributed by atoms with Gasteiger partial charge in [-0.1, -0.05) is 18.2 Å². The summed E-state index contributed by atoms with van der Waals surface area (Å²) in [5, 5.41) is 2.40. The van der Waals surface area contributed by atoms with Crippen LogP contribution in [0.15, 0.2) is 73.1 Å². The maximum Gasteiger partial charge on any atom is 0.0957 e. The molecule has 0 fully saturated rings. The third kappa shape index (κ3) is 1.48. The van der Waals surface area contributed by atoms with Crippen LogP contribution in [-0.2, 0) is 0 Å². The van der Waals surface area contributed by atoms with Gasteiger partial charge in [0.1, 0.15) is 0 Å². The molecule has 0 radical (unpaired) electrons. The number of hydrogen-bond donors (Lipinski definition) is 1. The van der Waals surface area contributed by atoms with E-state index in [-0.39, 0.29) is 0 Å². The van der Waals surface area contributed by atoms with Crippen molar-refractivity contribution in [2.45, 2.75) is 0 Å². The first-order chi connectivity index (χ1) is 10.9. The van der Waals surface area contributed by atoms with E-state index >= 15 is 0 Å². The molecule has 0 atom stereocenters. The van der Waals surface area contributed by atoms with Crippen molar-refractivity contribution in [1.82, 2.24) is 14.5 Å². The predicted molar refractivity (Wildman–Crippen MR) is 90.4 cm³/mol. The van der Waals surface area contributed by atoms with E-state index in [1.54, 1.807) is 0 Å². The van der Waals surface area contributed by atoms with Crippen LogP contribution in [0.1, 0.15) is 0 Å². The number of aromatic nitrogens is 3. The number of nitrogens with one attached hydrogen (secondary N) is 1. The second-order valence-corrected chi connectivity index (χ2v) is 5.47. The van der Waals surface area contributed by atoms with Gasteiger partial charge in [0, 0.05) is 28.9 Å². The molecule has 22 heavy (non-hydrogen) atoms. The highest BCUT2D eigenvalue weighted by atomic mass is 15.0. The molecule has 0 saturated carbocycles. The van der Waals surface area contributed by atoms with Crippen molar-refractivity contribution in [2.75, 3.05) is 0 Å². The van der Waals surface area contributed by atoms with Crippen molar-refractivity contribution < 1.29 is 0 Å². The summed E-state index contributed by atoms with van der Waals surface area (Å²) in [6.07, 6.45) is 3.97. The topological polar surface area (TPSA) is 33.6 Å². The number of H-pyrrole nitrogens is 1. The summed E-state index contributed by atoms with van der Waals surface area (Å²) in [5.41, 5.74) is 5.64. The number of aromatic amines is 1. The number of para-hydroxylation sites is 1. The fraction of sp³-hybridized carbons (Fsp3) is 0. The lowest BCUT2D eigenvalue weighted by Crippen LogP contribution is -1.90. The van der Waals surface area contributed by atoms with Gasteiger partial charge in [-0.25, -0.2) is 0 Å². The van der Waals surface area contributed by atoms with E-state index in [0.29, 0.717) is 0 Å². The molecular weight excluding hydrogens is 270 g/mol. The Balaban J connectivity index is 1.89. The minimum atomic E-state index is 1.03. The Morgan fingerprint density at radius 3 is 2.64 bits per heavy atom. The van der Waals surface area contributed by atoms with Crippen LogP contribution in [0.4, 0.5) is 0 Å². The lowest BCUT2D eigenvalue weighted by atomic mass is 10.1. The predicted octanol–water partition coefficient (Wildman–Crippen LogP) is 4.66. The van der Waals surface area contributed by atoms with Crippen LogP contribution in [0.2, 0.25) is 0 Å². The standard InChI is InChI=1S/C19H13N3/c1-2-5-13(6-3-1)22-12-10-14-17(22)9-8-15-18(14)21-16-7-4-11-20-19(15)16/h1-12,21H. The Labute approximate surface area is 126 Å². The number of fused-ring (bicyclic) bond motifs is 5. The Hall–Kier alpha value is -3.07. The van der Waals surface area contributed by atoms with Crippen molar-refractivity contribution in [3.05, 3.63) is 73.1 Å². The fourth-order valence-electron chi connectivity index (χ4n) is 3.22. The lowest BCUT2D eigenvalue weighted by Gasteiger charge is -2.05. The molecule has 5 rings (SSSR count). The van der Waals surface area contributed by atoms with E-state index in [4.69, 9.17) is 0 Å². The summed E-state index contributed by atoms with van der Waals surface area (Å²) >= 11 is 0. The average molecular weight is 283 g/mol. The van der Waals surface area contributed by atoms with Crippen LogP contribution < -0.4 is 0 Å². The molecule has 5 aromatic rings. The van der Waals surface area contributed by atoms with E-state index in [9.17, 15) is 0 Å². The average Bonchev–Trinajstić information content (AvgIpc) is 3.16. The SMILES string of the molecule is c1ccc(-n2ccc3c4[nH]c5cccnc5c4ccc32)cc1. The van der Waals surface area contributed by atoms with Gasteiger partial charge in [-0.05, 0) is 42.5 Å². The number of nitrogens with zero attached hydrogens (tertiary/aromatic N) is 2. The molecule has 1 N–H and O–H groups in total. The molecule has 0 saturated heterocycles. The second kappa shape index (κ2) is 4.21. The smallest absolute Gasteiger partial charge is 0.0957 e. The van der Waals surface area contributed by atoms with Gasteiger partial charge in [-0.15, -0.1) is 0 Å². The van der Waals surface area contributed by atoms with Gasteiger partial charge in [0.2, 0.25) is 0 Å². The lowest BCUT2D eigenvalue weighted by molar-refractivity contribution is 1.13. The van der Waals surface area contributed by atoms with Crippen molar-refractivity contribution >= 4 is 32.8 Å². The Morgan fingerprint density at radius 2 is 1.73 bits per heavy atom. The molecule has 3 nitrogen and oxygen atoms in total. The number of hydrogen-bond acceptors (Lipinski definition) is 1. The van der Waals surface area contributed by atoms with Crippen molar-refractivity contribution in [1.29, 1.82) is 0 Å². The van der Waals surface area contributed by atoms with Gasteiger partial charge in [-0.3, -0.25) is 4.98 Å². The van der Waals surface area contributed by atoms with Crippen LogP contribution in [0.5, 0.6) is 0 Å². The van der Waals surface area contributed by atoms with E-state index in [2.05, 4.69) is 69.3 Å². The van der Waals surface area contributed by atoms with Crippen LogP contribution in [0.3, 0.4) is 0 Å². The van der Waals surface area contributed by atoms with Gasteiger partial charge in [0.25, 0.3) is 0 Å². The molecule has 104 valence electrons. The maximum atomic E-state index is 4.50. The molecule has 0 bridgehead atoms. The first kappa shape index (κ1) is 11.6. The molecule has 0 aliphatic heterocycles. The zero-order valence-electron chi connectivity index (χ0n) is 11.8. The summed E-state index contributed by atoms with van der Waals surface area (Å²) < 4.78 is 2.22. The highest BCUT2D eigenvalue weighted by molar-refractivity contribution is 6.15. The summed E-state index contributed by atoms with van der Waals surface area (Å²) in [6, 6.07) is 20.9. The quantitative estimate of drug-likeness (QED) is 0.477. The van der Waals surface area contributed by atoms with Crippen molar-refractivity contribution in [3.8, 4) is 5.69 Å². The Morgan fingerprint density at radius 1 is 0.818 bits per heavy atom. The third-order valence-electron chi connectivity index (χ3n) is 4.23. The van der Waals surface area contributed by atoms with Crippen molar-refractivity contribution in [2.24, 2.45) is 0 Å². The first-order valence-corrected chi connectivity index (χ1v) is 7.34. The summed E-state index contributed by atoms with van der Waals surface area (Å²) in [7, 11) is 0. The molecule has 0 aliphatic carbocycles. The van der Waals surface area contributed by atoms with Crippen LogP contribution in [0, 0.1) is 0 Å². The Kier molecular flexibility index (Phi) is 2.22. The Bertz CT molecular complexity index is 1120. The molecule has 3 aromatic heterocycles. The van der Waals surface area contributed by atoms with E-state index in [1.165, 1.54) is 22.0 Å². The zero-order chi connectivity index (χ0) is 14.5. The monoisotopic (exact) mass is 283 g/mol. The van der Waals surface area contributed by atoms with E-state index in [0.717, 1.165) is 16.6 Å². The molecule has 3 heterocycles. The minimum Gasteiger partial charge on any atom is -0.353 e. The first-order valence-electron chi connectivity index (χ1n) is 7.34. The van der Waals surface area contributed by atoms with E-state index in [1.807, 2.05) is 18.3 Å². The second-order valence-electron chi connectivity index (χ2n) is 5.47. The molecule has 0 unspecified atom stereocenters. The van der Waals surface area contributed by atoms with Crippen LogP contribution in [0.25, 0.3) is 38.5 Å². The maximum absolute atomic E-state index is 4.50. The molecule has 0 aliphatic rings. The third-order valence-corrected chi connectivity index (χ3v) is 4.23. The van der Waals surface area contributed by atoms with Crippen LogP contribution in [-0.4, -0.2) is 14.5 Å². The number of pyridine rings is 1. The van der Waals surface area contributed by atoms with Crippen molar-refractivity contribution in [3.63, 3.8) is 0 Å². The number of rotatable bonds is 1. The summed E-state index contributed by atoms with van der Waals surface area (Å²) in [4.78, 5) is 8.01. The minimum absolute atomic E-state index is 1.03. The van der Waals surface area contributed by atoms with Gasteiger partial charge in [-0.2, -0.15) is 0 Å². The van der Waals surface area contributed by atoms with Gasteiger partial charge in [0.05, 0.1) is 22.1 Å². The number of benzene rings is 2. The summed E-state index contributed by atoms with van der Waals surface area (Å²) in [6.45, 7) is 0. The molecule has 3 heteroatoms. The zero-order valence-corrected chi connectivity index (χ0v) is 11.8. The van der Waals surface area contributed by atoms with Gasteiger partial charge >= 0.3 is 0 Å². The highest BCUT2D eigenvalue weighted by Crippen LogP contribution is 2.31. The van der Waals surface area contributed by atoms with E-state index < -0.39 is 0 Å². The van der Waals surface area contributed by atoms with Gasteiger partial charge in [0.15, 0.2) is 0 Å². The molecule has 2 aromatic carbocycles. The van der Waals surface area contributed by atoms with Gasteiger partial charge < -0.3 is 9.55 Å². The fourth-order valence-corrected chi connectivity index (χ4v) is 3.22. The summed E-state index contributed by atoms with van der Waals surface area (Å²) in [5.74, 6) is 0. The normalized spacial score (nSPS) is 11.6. The largest absolute Gasteiger partial charge is 0.353 e. The molecular formula is C19H13N3. The van der Waals surface area contributed by atoms with Crippen LogP contribution >= 0.6 is 0 Å². The molecule has 0 amide bonds. The molecule has 0 spiro atoms.